The van der Waals surface area contributed by atoms with E-state index in [1.54, 1.807) is 13.0 Å². The molecule has 1 unspecified atom stereocenters. The molecule has 1 aromatic rings. The van der Waals surface area contributed by atoms with Crippen LogP contribution in [-0.2, 0) is 0 Å². The van der Waals surface area contributed by atoms with E-state index in [1.807, 2.05) is 6.07 Å². The van der Waals surface area contributed by atoms with Gasteiger partial charge in [0, 0.05) is 6.07 Å². The van der Waals surface area contributed by atoms with Crippen molar-refractivity contribution in [3.8, 4) is 6.07 Å². The van der Waals surface area contributed by atoms with Gasteiger partial charge in [-0.15, -0.1) is 0 Å². The van der Waals surface area contributed by atoms with Crippen LogP contribution in [-0.4, -0.2) is 5.16 Å². The van der Waals surface area contributed by atoms with E-state index in [2.05, 4.69) is 9.68 Å². The molecule has 0 saturated heterocycles. The molecule has 0 radical (unpaired) electrons. The highest BCUT2D eigenvalue weighted by Gasteiger charge is 2.04. The largest absolute Gasteiger partial charge is 0.364 e. The van der Waals surface area contributed by atoms with Crippen molar-refractivity contribution in [2.24, 2.45) is 0 Å². The van der Waals surface area contributed by atoms with Gasteiger partial charge in [-0.2, -0.15) is 5.26 Å². The third kappa shape index (κ3) is 1.08. The van der Waals surface area contributed by atoms with Crippen molar-refractivity contribution in [2.45, 2.75) is 12.8 Å². The average molecular weight is 122 g/mol. The first-order valence-electron chi connectivity index (χ1n) is 2.64. The van der Waals surface area contributed by atoms with Crippen LogP contribution in [0.3, 0.4) is 0 Å². The Balaban J connectivity index is 2.80. The summed E-state index contributed by atoms with van der Waals surface area (Å²) in [6, 6.07) is 3.73. The van der Waals surface area contributed by atoms with Gasteiger partial charge in [0.05, 0.1) is 12.0 Å². The molecular formula is C6H6N2O. The quantitative estimate of drug-likeness (QED) is 0.564. The van der Waals surface area contributed by atoms with E-state index >= 15 is 0 Å². The van der Waals surface area contributed by atoms with Gasteiger partial charge in [-0.25, -0.2) is 0 Å². The molecule has 0 aliphatic carbocycles. The van der Waals surface area contributed by atoms with Crippen LogP contribution in [0.5, 0.6) is 0 Å². The van der Waals surface area contributed by atoms with Gasteiger partial charge in [0.1, 0.15) is 12.0 Å². The summed E-state index contributed by atoms with van der Waals surface area (Å²) in [4.78, 5) is 0. The van der Waals surface area contributed by atoms with Gasteiger partial charge in [0.15, 0.2) is 0 Å². The first-order chi connectivity index (χ1) is 4.34. The predicted octanol–water partition coefficient (Wildman–Crippen LogP) is 1.30. The molecule has 1 aromatic heterocycles. The molecule has 3 heteroatoms. The summed E-state index contributed by atoms with van der Waals surface area (Å²) in [6.07, 6.45) is 1.46. The molecule has 0 aromatic carbocycles. The van der Waals surface area contributed by atoms with Gasteiger partial charge in [-0.3, -0.25) is 0 Å². The number of hydrogen-bond donors (Lipinski definition) is 0. The number of nitriles is 1. The molecule has 3 nitrogen and oxygen atoms in total. The molecule has 0 spiro atoms. The zero-order valence-corrected chi connectivity index (χ0v) is 5.03. The highest BCUT2D eigenvalue weighted by Crippen LogP contribution is 2.09. The van der Waals surface area contributed by atoms with Crippen LogP contribution in [0.4, 0.5) is 0 Å². The molecule has 1 rings (SSSR count). The second kappa shape index (κ2) is 2.31. The second-order valence-corrected chi connectivity index (χ2v) is 1.78. The predicted molar refractivity (Wildman–Crippen MR) is 30.5 cm³/mol. The Bertz CT molecular complexity index is 209. The van der Waals surface area contributed by atoms with Gasteiger partial charge < -0.3 is 4.52 Å². The fourth-order valence-corrected chi connectivity index (χ4v) is 0.511. The van der Waals surface area contributed by atoms with Crippen molar-refractivity contribution in [3.63, 3.8) is 0 Å². The molecule has 0 amide bonds. The molecule has 0 N–H and O–H groups in total. The number of aromatic nitrogens is 1. The normalized spacial score (nSPS) is 12.4. The Labute approximate surface area is 52.9 Å². The Hall–Kier alpha value is -1.30. The molecule has 1 atom stereocenters. The first kappa shape index (κ1) is 5.83. The van der Waals surface area contributed by atoms with Crippen LogP contribution in [0.25, 0.3) is 0 Å². The molecule has 0 aliphatic rings. The van der Waals surface area contributed by atoms with Gasteiger partial charge >= 0.3 is 0 Å². The lowest BCUT2D eigenvalue weighted by molar-refractivity contribution is 0.410. The van der Waals surface area contributed by atoms with Crippen molar-refractivity contribution in [1.29, 1.82) is 5.26 Å². The van der Waals surface area contributed by atoms with E-state index in [9.17, 15) is 0 Å². The van der Waals surface area contributed by atoms with Crippen molar-refractivity contribution >= 4 is 0 Å². The van der Waals surface area contributed by atoms with Gasteiger partial charge in [-0.1, -0.05) is 5.16 Å². The Morgan fingerprint density at radius 2 is 2.67 bits per heavy atom. The third-order valence-corrected chi connectivity index (χ3v) is 1.10. The monoisotopic (exact) mass is 122 g/mol. The van der Waals surface area contributed by atoms with E-state index in [-0.39, 0.29) is 5.92 Å². The lowest BCUT2D eigenvalue weighted by atomic mass is 10.1. The smallest absolute Gasteiger partial charge is 0.124 e. The van der Waals surface area contributed by atoms with Crippen molar-refractivity contribution in [3.05, 3.63) is 18.0 Å². The lowest BCUT2D eigenvalue weighted by Crippen LogP contribution is -1.87. The molecule has 0 bridgehead atoms. The molecule has 0 saturated carbocycles. The summed E-state index contributed by atoms with van der Waals surface area (Å²) in [6.45, 7) is 1.78. The highest BCUT2D eigenvalue weighted by molar-refractivity contribution is 5.10. The maximum Gasteiger partial charge on any atom is 0.124 e. The maximum absolute atomic E-state index is 8.37. The standard InChI is InChI=1S/C6H6N2O/c1-5(4-7)6-2-3-9-8-6/h2-3,5H,1H3. The van der Waals surface area contributed by atoms with Crippen molar-refractivity contribution < 1.29 is 4.52 Å². The average Bonchev–Trinajstić information content (AvgIpc) is 2.37. The SMILES string of the molecule is CC(C#N)c1ccon1. The Morgan fingerprint density at radius 1 is 1.89 bits per heavy atom. The topological polar surface area (TPSA) is 49.8 Å². The summed E-state index contributed by atoms with van der Waals surface area (Å²) in [5.74, 6) is -0.163. The summed E-state index contributed by atoms with van der Waals surface area (Å²) in [7, 11) is 0. The van der Waals surface area contributed by atoms with Gasteiger partial charge in [-0.05, 0) is 6.92 Å². The molecule has 9 heavy (non-hydrogen) atoms. The second-order valence-electron chi connectivity index (χ2n) is 1.78. The van der Waals surface area contributed by atoms with Crippen LogP contribution in [0.15, 0.2) is 16.9 Å². The van der Waals surface area contributed by atoms with Crippen LogP contribution in [0, 0.1) is 11.3 Å². The number of rotatable bonds is 1. The van der Waals surface area contributed by atoms with Crippen molar-refractivity contribution in [1.82, 2.24) is 5.16 Å². The first-order valence-corrected chi connectivity index (χ1v) is 2.64. The zero-order valence-electron chi connectivity index (χ0n) is 5.03. The van der Waals surface area contributed by atoms with Crippen LogP contribution in [0.2, 0.25) is 0 Å². The summed E-state index contributed by atoms with van der Waals surface area (Å²) >= 11 is 0. The van der Waals surface area contributed by atoms with Crippen molar-refractivity contribution in [2.75, 3.05) is 0 Å². The van der Waals surface area contributed by atoms with Crippen LogP contribution >= 0.6 is 0 Å². The zero-order chi connectivity index (χ0) is 6.69. The fourth-order valence-electron chi connectivity index (χ4n) is 0.511. The van der Waals surface area contributed by atoms with Crippen LogP contribution in [0.1, 0.15) is 18.5 Å². The molecular weight excluding hydrogens is 116 g/mol. The minimum Gasteiger partial charge on any atom is -0.364 e. The van der Waals surface area contributed by atoms with Gasteiger partial charge in [0.25, 0.3) is 0 Å². The summed E-state index contributed by atoms with van der Waals surface area (Å²) in [5, 5.41) is 12.0. The van der Waals surface area contributed by atoms with E-state index < -0.39 is 0 Å². The lowest BCUT2D eigenvalue weighted by Gasteiger charge is -1.89. The fraction of sp³-hybridized carbons (Fsp3) is 0.333. The minimum absolute atomic E-state index is 0.163. The number of nitrogens with zero attached hydrogens (tertiary/aromatic N) is 2. The summed E-state index contributed by atoms with van der Waals surface area (Å²) in [5.41, 5.74) is 0.692. The van der Waals surface area contributed by atoms with E-state index in [0.29, 0.717) is 5.69 Å². The third-order valence-electron chi connectivity index (χ3n) is 1.10. The summed E-state index contributed by atoms with van der Waals surface area (Å²) < 4.78 is 4.54. The van der Waals surface area contributed by atoms with E-state index in [1.165, 1.54) is 6.26 Å². The highest BCUT2D eigenvalue weighted by atomic mass is 16.5. The van der Waals surface area contributed by atoms with Gasteiger partial charge in [0.2, 0.25) is 0 Å². The Morgan fingerprint density at radius 3 is 3.11 bits per heavy atom. The van der Waals surface area contributed by atoms with E-state index in [4.69, 9.17) is 5.26 Å². The van der Waals surface area contributed by atoms with Crippen LogP contribution < -0.4 is 0 Å². The maximum atomic E-state index is 8.37. The molecule has 46 valence electrons. The minimum atomic E-state index is -0.163. The number of hydrogen-bond acceptors (Lipinski definition) is 3. The molecule has 0 fully saturated rings. The molecule has 1 heterocycles. The van der Waals surface area contributed by atoms with E-state index in [0.717, 1.165) is 0 Å². The molecule has 0 aliphatic heterocycles. The Kier molecular flexibility index (Phi) is 1.50.